The number of hydrogen-bond acceptors (Lipinski definition) is 5. The Morgan fingerprint density at radius 3 is 2.50 bits per heavy atom. The number of rotatable bonds is 6. The largest absolute Gasteiger partial charge is 0.480 e. The number of benzene rings is 2. The number of carboxylic acid groups (broad SMARTS) is 1. The summed E-state index contributed by atoms with van der Waals surface area (Å²) in [7, 11) is 0. The minimum absolute atomic E-state index is 0.138. The Kier molecular flexibility index (Phi) is 6.77. The minimum atomic E-state index is -4.39. The van der Waals surface area contributed by atoms with Crippen molar-refractivity contribution in [2.45, 2.75) is 43.1 Å². The molecule has 4 N–H and O–H groups in total. The molecule has 1 fully saturated rings. The topological polar surface area (TPSA) is 91.0 Å². The lowest BCUT2D eigenvalue weighted by Crippen LogP contribution is -2.49. The molecule has 2 aliphatic rings. The van der Waals surface area contributed by atoms with Gasteiger partial charge in [-0.25, -0.2) is 4.99 Å². The van der Waals surface area contributed by atoms with E-state index in [9.17, 15) is 23.1 Å². The number of carboxylic acids is 1. The second-order valence-corrected chi connectivity index (χ2v) is 8.64. The van der Waals surface area contributed by atoms with Crippen molar-refractivity contribution >= 4 is 12.3 Å². The molecule has 0 radical (unpaired) electrons. The molecule has 0 amide bonds. The highest BCUT2D eigenvalue weighted by atomic mass is 19.4. The van der Waals surface area contributed by atoms with Crippen molar-refractivity contribution in [2.24, 2.45) is 10.7 Å². The molecule has 6 nitrogen and oxygen atoms in total. The van der Waals surface area contributed by atoms with Gasteiger partial charge in [0, 0.05) is 24.9 Å². The van der Waals surface area contributed by atoms with Crippen molar-refractivity contribution in [3.8, 4) is 0 Å². The molecule has 2 atom stereocenters. The average molecular weight is 473 g/mol. The van der Waals surface area contributed by atoms with Crippen molar-refractivity contribution in [3.63, 3.8) is 0 Å². The van der Waals surface area contributed by atoms with E-state index < -0.39 is 29.4 Å². The Hall–Kier alpha value is -3.17. The van der Waals surface area contributed by atoms with E-state index in [4.69, 9.17) is 10.7 Å². The number of halogens is 3. The number of carbonyl (C=O) groups is 1. The molecule has 0 aliphatic carbocycles. The molecule has 9 heteroatoms. The molecular weight excluding hydrogens is 445 g/mol. The number of nitrogens with zero attached hydrogens (tertiary/aromatic N) is 2. The molecule has 1 saturated heterocycles. The summed E-state index contributed by atoms with van der Waals surface area (Å²) >= 11 is 0. The van der Waals surface area contributed by atoms with Gasteiger partial charge in [0.25, 0.3) is 0 Å². The number of likely N-dealkylation sites (tertiary alicyclic amines) is 1. The number of aliphatic carboxylic acids is 1. The van der Waals surface area contributed by atoms with Crippen LogP contribution in [0, 0.1) is 0 Å². The Bertz CT molecular complexity index is 1080. The van der Waals surface area contributed by atoms with Crippen molar-refractivity contribution in [1.82, 2.24) is 10.2 Å². The fourth-order valence-corrected chi connectivity index (χ4v) is 4.93. The first kappa shape index (κ1) is 24.0. The van der Waals surface area contributed by atoms with E-state index in [0.29, 0.717) is 31.5 Å². The summed E-state index contributed by atoms with van der Waals surface area (Å²) in [5.41, 5.74) is 6.28. The molecule has 2 heterocycles. The maximum atomic E-state index is 13.6. The van der Waals surface area contributed by atoms with Crippen molar-refractivity contribution < 1.29 is 23.1 Å². The fourth-order valence-electron chi connectivity index (χ4n) is 4.93. The Morgan fingerprint density at radius 1 is 1.18 bits per heavy atom. The molecule has 4 rings (SSSR count). The second-order valence-electron chi connectivity index (χ2n) is 8.64. The lowest BCUT2D eigenvalue weighted by atomic mass is 9.83. The molecule has 0 spiro atoms. The molecule has 34 heavy (non-hydrogen) atoms. The maximum Gasteiger partial charge on any atom is 0.416 e. The van der Waals surface area contributed by atoms with Crippen LogP contribution in [-0.4, -0.2) is 41.4 Å². The van der Waals surface area contributed by atoms with Gasteiger partial charge in [-0.1, -0.05) is 42.5 Å². The third kappa shape index (κ3) is 4.71. The lowest BCUT2D eigenvalue weighted by molar-refractivity contribution is -0.139. The van der Waals surface area contributed by atoms with Crippen LogP contribution in [0.4, 0.5) is 13.2 Å². The predicted molar refractivity (Wildman–Crippen MR) is 123 cm³/mol. The smallest absolute Gasteiger partial charge is 0.416 e. The number of hydrogen-bond donors (Lipinski definition) is 3. The number of aliphatic imine (C=N–C) groups is 1. The second kappa shape index (κ2) is 9.60. The van der Waals surface area contributed by atoms with Gasteiger partial charge in [-0.15, -0.1) is 0 Å². The zero-order valence-corrected chi connectivity index (χ0v) is 18.5. The molecule has 0 aromatic heterocycles. The first-order chi connectivity index (χ1) is 16.2. The number of alkyl halides is 3. The van der Waals surface area contributed by atoms with Gasteiger partial charge in [-0.05, 0) is 48.4 Å². The van der Waals surface area contributed by atoms with Gasteiger partial charge in [0.05, 0.1) is 11.9 Å². The van der Waals surface area contributed by atoms with Crippen LogP contribution in [0.2, 0.25) is 0 Å². The van der Waals surface area contributed by atoms with E-state index in [2.05, 4.69) is 10.2 Å². The van der Waals surface area contributed by atoms with Crippen LogP contribution in [0.25, 0.3) is 0 Å². The monoisotopic (exact) mass is 472 g/mol. The Morgan fingerprint density at radius 2 is 1.85 bits per heavy atom. The van der Waals surface area contributed by atoms with E-state index >= 15 is 0 Å². The van der Waals surface area contributed by atoms with Gasteiger partial charge >= 0.3 is 12.1 Å². The predicted octanol–water partition coefficient (Wildman–Crippen LogP) is 3.84. The van der Waals surface area contributed by atoms with E-state index in [1.165, 1.54) is 6.07 Å². The number of nitrogens with one attached hydrogen (secondary N) is 1. The van der Waals surface area contributed by atoms with Crippen LogP contribution < -0.4 is 11.1 Å². The molecule has 2 aromatic carbocycles. The van der Waals surface area contributed by atoms with Crippen LogP contribution >= 0.6 is 0 Å². The SMILES string of the molecule is NC(Cc1ccccc1C1(N2CCC(c3ccccc3C(F)(F)F)CC2)C=CNC=N1)C(=O)O. The van der Waals surface area contributed by atoms with Gasteiger partial charge in [-0.2, -0.15) is 13.2 Å². The number of piperidine rings is 1. The highest BCUT2D eigenvalue weighted by Crippen LogP contribution is 2.42. The van der Waals surface area contributed by atoms with Crippen LogP contribution in [0.3, 0.4) is 0 Å². The Labute approximate surface area is 196 Å². The van der Waals surface area contributed by atoms with E-state index in [0.717, 1.165) is 17.2 Å². The molecule has 0 bridgehead atoms. The summed E-state index contributed by atoms with van der Waals surface area (Å²) in [6, 6.07) is 12.2. The normalized spacial score (nSPS) is 22.4. The quantitative estimate of drug-likeness (QED) is 0.594. The lowest BCUT2D eigenvalue weighted by Gasteiger charge is -2.45. The van der Waals surface area contributed by atoms with Crippen LogP contribution in [0.1, 0.15) is 41.0 Å². The van der Waals surface area contributed by atoms with E-state index in [1.807, 2.05) is 30.3 Å². The first-order valence-electron chi connectivity index (χ1n) is 11.2. The van der Waals surface area contributed by atoms with Gasteiger partial charge in [0.1, 0.15) is 6.04 Å². The highest BCUT2D eigenvalue weighted by Gasteiger charge is 2.42. The summed E-state index contributed by atoms with van der Waals surface area (Å²) in [5.74, 6) is -1.30. The summed E-state index contributed by atoms with van der Waals surface area (Å²) in [6.45, 7) is 1.05. The first-order valence-corrected chi connectivity index (χ1v) is 11.2. The Balaban J connectivity index is 1.63. The van der Waals surface area contributed by atoms with Crippen molar-refractivity contribution in [2.75, 3.05) is 13.1 Å². The molecule has 2 aliphatic heterocycles. The molecular formula is C25H27F3N4O2. The van der Waals surface area contributed by atoms with Crippen LogP contribution in [-0.2, 0) is 23.1 Å². The maximum absolute atomic E-state index is 13.6. The van der Waals surface area contributed by atoms with Crippen LogP contribution in [0.5, 0.6) is 0 Å². The molecule has 2 aromatic rings. The van der Waals surface area contributed by atoms with E-state index in [1.54, 1.807) is 24.7 Å². The van der Waals surface area contributed by atoms with Crippen LogP contribution in [0.15, 0.2) is 65.8 Å². The summed E-state index contributed by atoms with van der Waals surface area (Å²) in [6.07, 6.45) is 2.09. The average Bonchev–Trinajstić information content (AvgIpc) is 2.84. The van der Waals surface area contributed by atoms with Crippen molar-refractivity contribution in [1.29, 1.82) is 0 Å². The van der Waals surface area contributed by atoms with Crippen molar-refractivity contribution in [3.05, 3.63) is 83.1 Å². The minimum Gasteiger partial charge on any atom is -0.480 e. The van der Waals surface area contributed by atoms with Gasteiger partial charge < -0.3 is 16.2 Å². The fraction of sp³-hybridized carbons (Fsp3) is 0.360. The molecule has 180 valence electrons. The molecule has 2 unspecified atom stereocenters. The summed E-state index contributed by atoms with van der Waals surface area (Å²) in [5, 5.41) is 12.2. The zero-order valence-electron chi connectivity index (χ0n) is 18.5. The van der Waals surface area contributed by atoms with Gasteiger partial charge in [-0.3, -0.25) is 9.69 Å². The number of nitrogens with two attached hydrogens (primary N) is 1. The third-order valence-corrected chi connectivity index (χ3v) is 6.60. The zero-order chi connectivity index (χ0) is 24.3. The summed E-state index contributed by atoms with van der Waals surface area (Å²) < 4.78 is 40.7. The standard InChI is InChI=1S/C25H27F3N4O2/c26-25(27,28)21-8-4-2-6-19(21)17-9-13-32(14-10-17)24(11-12-30-16-31-24)20-7-3-1-5-18(20)15-22(29)23(33)34/h1-8,11-12,16-17,22H,9-10,13-15,29H2,(H,30,31)(H,33,34). The highest BCUT2D eigenvalue weighted by molar-refractivity contribution is 5.73. The summed E-state index contributed by atoms with van der Waals surface area (Å²) in [4.78, 5) is 18.3. The van der Waals surface area contributed by atoms with Gasteiger partial charge in [0.15, 0.2) is 5.66 Å². The van der Waals surface area contributed by atoms with Gasteiger partial charge in [0.2, 0.25) is 0 Å². The third-order valence-electron chi connectivity index (χ3n) is 6.60. The molecule has 0 saturated carbocycles. The van der Waals surface area contributed by atoms with E-state index in [-0.39, 0.29) is 12.3 Å².